The number of piperidine rings is 2. The summed E-state index contributed by atoms with van der Waals surface area (Å²) < 4.78 is 29.3. The second kappa shape index (κ2) is 17.7. The van der Waals surface area contributed by atoms with Crippen LogP contribution in [0.1, 0.15) is 86.1 Å². The maximum Gasteiger partial charge on any atom is 0.293 e. The lowest BCUT2D eigenvalue weighted by atomic mass is 9.86. The number of carbonyl (C=O) groups is 5. The molecular formula is C45H50ClFN10O8. The van der Waals surface area contributed by atoms with Crippen LogP contribution in [0.5, 0.6) is 5.75 Å². The zero-order valence-corrected chi connectivity index (χ0v) is 37.0. The normalized spacial score (nSPS) is 23.0. The standard InChI is InChI=1S/C45H50ClFN10O8/c1-23(2)56-34-5-4-26(14-25(34)15-37(44(56)63)64-22-38(48)58)50-40-32(46)20-49-45(52-40)53-10-8-28(9-11-53)65-29-16-27(17-29)54-12-13-55(24(3)21-54)36-19-31-30(18-33(36)47)42(61)57(43(31)62)35-6-7-39(59)51-41(35)60/h4-5,14-15,18-20,23-24,27-29,35H,6-13,16-17,21-22H2,1-3H3,(H2,48,58)(H,49,50,52)(H,51,59,60)/t24-,27-,29-,35?/m1/s1. The fourth-order valence-corrected chi connectivity index (χ4v) is 9.82. The highest BCUT2D eigenvalue weighted by molar-refractivity contribution is 6.33. The van der Waals surface area contributed by atoms with Gasteiger partial charge in [0.15, 0.2) is 18.2 Å². The van der Waals surface area contributed by atoms with Gasteiger partial charge in [-0.3, -0.25) is 43.9 Å². The van der Waals surface area contributed by atoms with Gasteiger partial charge in [-0.05, 0) is 89.3 Å². The summed E-state index contributed by atoms with van der Waals surface area (Å²) in [5, 5.41) is 6.52. The molecule has 342 valence electrons. The maximum atomic E-state index is 15.7. The molecule has 3 saturated heterocycles. The molecule has 5 amide bonds. The van der Waals surface area contributed by atoms with Crippen LogP contribution in [-0.4, -0.2) is 124 Å². The molecule has 20 heteroatoms. The number of benzene rings is 2. The Labute approximate surface area is 378 Å². The summed E-state index contributed by atoms with van der Waals surface area (Å²) in [5.41, 5.74) is 6.50. The molecule has 5 aliphatic rings. The van der Waals surface area contributed by atoms with Crippen molar-refractivity contribution in [3.63, 3.8) is 0 Å². The minimum atomic E-state index is -1.12. The number of primary amides is 1. The van der Waals surface area contributed by atoms with E-state index >= 15 is 4.39 Å². The van der Waals surface area contributed by atoms with Crippen molar-refractivity contribution in [2.75, 3.05) is 54.4 Å². The number of carbonyl (C=O) groups excluding carboxylic acids is 5. The van der Waals surface area contributed by atoms with Gasteiger partial charge in [0, 0.05) is 68.3 Å². The largest absolute Gasteiger partial charge is 0.478 e. The molecular weight excluding hydrogens is 863 g/mol. The molecule has 0 radical (unpaired) electrons. The Morgan fingerprint density at radius 2 is 1.72 bits per heavy atom. The monoisotopic (exact) mass is 912 g/mol. The lowest BCUT2D eigenvalue weighted by Crippen LogP contribution is -2.59. The average Bonchev–Trinajstić information content (AvgIpc) is 3.48. The predicted octanol–water partition coefficient (Wildman–Crippen LogP) is 3.90. The Morgan fingerprint density at radius 1 is 0.985 bits per heavy atom. The quantitative estimate of drug-likeness (QED) is 0.172. The summed E-state index contributed by atoms with van der Waals surface area (Å²) in [6.07, 6.45) is 5.25. The van der Waals surface area contributed by atoms with Gasteiger partial charge in [-0.2, -0.15) is 4.98 Å². The number of hydrogen-bond acceptors (Lipinski definition) is 14. The molecule has 4 aromatic rings. The number of imide groups is 2. The number of rotatable bonds is 12. The minimum Gasteiger partial charge on any atom is -0.478 e. The fourth-order valence-electron chi connectivity index (χ4n) is 9.68. The van der Waals surface area contributed by atoms with Crippen LogP contribution in [0.4, 0.5) is 27.5 Å². The zero-order chi connectivity index (χ0) is 45.8. The van der Waals surface area contributed by atoms with E-state index in [9.17, 15) is 28.8 Å². The number of aromatic nitrogens is 3. The van der Waals surface area contributed by atoms with Gasteiger partial charge in [0.2, 0.25) is 17.8 Å². The van der Waals surface area contributed by atoms with Crippen LogP contribution in [-0.2, 0) is 19.1 Å². The van der Waals surface area contributed by atoms with Gasteiger partial charge in [-0.15, -0.1) is 0 Å². The summed E-state index contributed by atoms with van der Waals surface area (Å²) in [4.78, 5) is 91.9. The number of piperazine rings is 1. The Bertz CT molecular complexity index is 2670. The predicted molar refractivity (Wildman–Crippen MR) is 238 cm³/mol. The minimum absolute atomic E-state index is 0.00524. The number of amides is 5. The molecule has 2 aromatic carbocycles. The zero-order valence-electron chi connectivity index (χ0n) is 36.2. The van der Waals surface area contributed by atoms with E-state index in [2.05, 4.69) is 25.4 Å². The number of pyridine rings is 1. The lowest BCUT2D eigenvalue weighted by Gasteiger charge is -2.49. The van der Waals surface area contributed by atoms with Gasteiger partial charge in [0.25, 0.3) is 23.3 Å². The Balaban J connectivity index is 0.763. The van der Waals surface area contributed by atoms with Crippen LogP contribution in [0.3, 0.4) is 0 Å². The molecule has 9 rings (SSSR count). The molecule has 4 aliphatic heterocycles. The topological polar surface area (TPSA) is 215 Å². The summed E-state index contributed by atoms with van der Waals surface area (Å²) in [6.45, 7) is 8.70. The number of fused-ring (bicyclic) bond motifs is 2. The number of nitrogens with one attached hydrogen (secondary N) is 2. The summed E-state index contributed by atoms with van der Waals surface area (Å²) in [7, 11) is 0. The first-order valence-electron chi connectivity index (χ1n) is 22.0. The second-order valence-corrected chi connectivity index (χ2v) is 18.1. The van der Waals surface area contributed by atoms with E-state index in [1.807, 2.05) is 43.9 Å². The van der Waals surface area contributed by atoms with Crippen molar-refractivity contribution in [1.82, 2.24) is 29.7 Å². The number of ether oxygens (including phenoxy) is 2. The van der Waals surface area contributed by atoms with Crippen molar-refractivity contribution < 1.29 is 37.8 Å². The molecule has 65 heavy (non-hydrogen) atoms. The molecule has 0 spiro atoms. The van der Waals surface area contributed by atoms with Crippen molar-refractivity contribution in [2.45, 2.75) is 95.7 Å². The summed E-state index contributed by atoms with van der Waals surface area (Å²) >= 11 is 6.57. The molecule has 1 unspecified atom stereocenters. The molecule has 6 heterocycles. The first kappa shape index (κ1) is 44.0. The smallest absolute Gasteiger partial charge is 0.293 e. The number of nitrogens with two attached hydrogens (primary N) is 1. The van der Waals surface area contributed by atoms with E-state index < -0.39 is 48.0 Å². The van der Waals surface area contributed by atoms with Crippen LogP contribution in [0.15, 0.2) is 47.4 Å². The van der Waals surface area contributed by atoms with Gasteiger partial charge < -0.3 is 34.9 Å². The van der Waals surface area contributed by atoms with Gasteiger partial charge in [-0.1, -0.05) is 11.6 Å². The van der Waals surface area contributed by atoms with Gasteiger partial charge >= 0.3 is 0 Å². The van der Waals surface area contributed by atoms with Crippen molar-refractivity contribution in [1.29, 1.82) is 0 Å². The molecule has 2 aromatic heterocycles. The first-order valence-corrected chi connectivity index (χ1v) is 22.4. The number of nitrogens with zero attached hydrogens (tertiary/aromatic N) is 7. The van der Waals surface area contributed by atoms with Crippen molar-refractivity contribution in [2.24, 2.45) is 5.73 Å². The molecule has 2 atom stereocenters. The van der Waals surface area contributed by atoms with Gasteiger partial charge in [-0.25, -0.2) is 9.37 Å². The van der Waals surface area contributed by atoms with Gasteiger partial charge in [0.1, 0.15) is 16.9 Å². The first-order chi connectivity index (χ1) is 31.1. The highest BCUT2D eigenvalue weighted by Crippen LogP contribution is 2.37. The number of halogens is 2. The third-order valence-electron chi connectivity index (χ3n) is 13.1. The average molecular weight is 913 g/mol. The van der Waals surface area contributed by atoms with Crippen LogP contribution in [0.25, 0.3) is 10.9 Å². The maximum absolute atomic E-state index is 15.7. The van der Waals surface area contributed by atoms with Crippen LogP contribution in [0.2, 0.25) is 5.02 Å². The Hall–Kier alpha value is -6.18. The summed E-state index contributed by atoms with van der Waals surface area (Å²) in [5.74, 6) is -2.86. The SMILES string of the molecule is CC(C)n1c(=O)c(OCC(N)=O)cc2cc(Nc3nc(N4CCC(O[C@H]5C[C@H](N6CCN(c7cc8c(cc7F)C(=O)N(C7CCC(=O)NC7=O)C8=O)[C@H](C)C6)C5)CC4)ncc3Cl)ccc21. The molecule has 18 nitrogen and oxygen atoms in total. The van der Waals surface area contributed by atoms with Crippen molar-refractivity contribution >= 4 is 75.2 Å². The van der Waals surface area contributed by atoms with E-state index in [0.717, 1.165) is 36.6 Å². The molecule has 1 saturated carbocycles. The highest BCUT2D eigenvalue weighted by atomic mass is 35.5. The fraction of sp³-hybridized carbons (Fsp3) is 0.467. The van der Waals surface area contributed by atoms with Crippen molar-refractivity contribution in [3.8, 4) is 5.75 Å². The third-order valence-corrected chi connectivity index (χ3v) is 13.3. The van der Waals surface area contributed by atoms with E-state index in [0.29, 0.717) is 72.1 Å². The van der Waals surface area contributed by atoms with Crippen LogP contribution in [0, 0.1) is 5.82 Å². The third kappa shape index (κ3) is 8.59. The summed E-state index contributed by atoms with van der Waals surface area (Å²) in [6, 6.07) is 8.61. The van der Waals surface area contributed by atoms with E-state index in [1.54, 1.807) is 16.8 Å². The molecule has 4 fully saturated rings. The van der Waals surface area contributed by atoms with Gasteiger partial charge in [0.05, 0.1) is 40.7 Å². The second-order valence-electron chi connectivity index (χ2n) is 17.7. The number of hydrogen-bond donors (Lipinski definition) is 3. The van der Waals surface area contributed by atoms with Crippen LogP contribution >= 0.6 is 11.6 Å². The van der Waals surface area contributed by atoms with E-state index in [1.165, 1.54) is 6.07 Å². The van der Waals surface area contributed by atoms with Crippen molar-refractivity contribution in [3.05, 3.63) is 74.9 Å². The highest BCUT2D eigenvalue weighted by Gasteiger charge is 2.46. The molecule has 0 bridgehead atoms. The Kier molecular flexibility index (Phi) is 12.0. The van der Waals surface area contributed by atoms with Crippen LogP contribution < -0.4 is 36.5 Å². The van der Waals surface area contributed by atoms with E-state index in [4.69, 9.17) is 31.8 Å². The molecule has 1 aliphatic carbocycles. The number of anilines is 4. The van der Waals surface area contributed by atoms with E-state index in [-0.39, 0.29) is 65.3 Å². The Morgan fingerprint density at radius 3 is 2.42 bits per heavy atom. The lowest BCUT2D eigenvalue weighted by molar-refractivity contribution is -0.136. The molecule has 4 N–H and O–H groups in total.